The van der Waals surface area contributed by atoms with E-state index in [9.17, 15) is 31.5 Å². The molecule has 1 saturated heterocycles. The van der Waals surface area contributed by atoms with Gasteiger partial charge >= 0.3 is 11.9 Å². The summed E-state index contributed by atoms with van der Waals surface area (Å²) in [5, 5.41) is 15.9. The van der Waals surface area contributed by atoms with Crippen molar-refractivity contribution in [3.8, 4) is 11.3 Å². The first-order valence-electron chi connectivity index (χ1n) is 15.5. The first kappa shape index (κ1) is 33.2. The number of aliphatic hydroxyl groups is 1. The number of rotatable bonds is 8. The molecule has 254 valence electrons. The number of anilines is 1. The van der Waals surface area contributed by atoms with Crippen molar-refractivity contribution in [3.63, 3.8) is 0 Å². The van der Waals surface area contributed by atoms with Crippen LogP contribution in [0.25, 0.3) is 22.4 Å². The normalized spacial score (nSPS) is 17.7. The van der Waals surface area contributed by atoms with E-state index in [1.54, 1.807) is 20.9 Å². The lowest BCUT2D eigenvalue weighted by Crippen LogP contribution is -2.42. The average Bonchev–Trinajstić information content (AvgIpc) is 3.50. The van der Waals surface area contributed by atoms with Gasteiger partial charge in [0.25, 0.3) is 0 Å². The second kappa shape index (κ2) is 12.4. The van der Waals surface area contributed by atoms with Crippen molar-refractivity contribution in [1.82, 2.24) is 33.1 Å². The van der Waals surface area contributed by atoms with E-state index >= 15 is 0 Å². The third-order valence-electron chi connectivity index (χ3n) is 9.21. The van der Waals surface area contributed by atoms with Crippen LogP contribution in [0.1, 0.15) is 35.7 Å². The molecule has 0 unspecified atom stereocenters. The van der Waals surface area contributed by atoms with E-state index in [0.717, 1.165) is 35.4 Å². The van der Waals surface area contributed by atoms with Gasteiger partial charge in [0, 0.05) is 83.2 Å². The summed E-state index contributed by atoms with van der Waals surface area (Å²) < 4.78 is 70.7. The topological polar surface area (TPSA) is 122 Å². The Bertz CT molecular complexity index is 1940. The molecule has 2 aliphatic heterocycles. The molecule has 0 spiro atoms. The summed E-state index contributed by atoms with van der Waals surface area (Å²) in [6.45, 7) is 2.12. The fourth-order valence-electron chi connectivity index (χ4n) is 6.67. The molecule has 1 atom stereocenters. The highest BCUT2D eigenvalue weighted by Crippen LogP contribution is 2.34. The number of imidazole rings is 1. The second-order valence-corrected chi connectivity index (χ2v) is 14.7. The number of aliphatic hydroxyl groups excluding tert-OH is 1. The van der Waals surface area contributed by atoms with Crippen molar-refractivity contribution in [3.05, 3.63) is 63.7 Å². The molecule has 12 nitrogen and oxygen atoms in total. The summed E-state index contributed by atoms with van der Waals surface area (Å²) in [5.41, 5.74) is 2.77. The Morgan fingerprint density at radius 3 is 2.34 bits per heavy atom. The Labute approximate surface area is 270 Å². The number of sulfonamides is 1. The lowest BCUT2D eigenvalue weighted by Gasteiger charge is -2.33. The van der Waals surface area contributed by atoms with E-state index < -0.39 is 27.9 Å². The lowest BCUT2D eigenvalue weighted by molar-refractivity contribution is -0.137. The van der Waals surface area contributed by atoms with Crippen molar-refractivity contribution in [2.75, 3.05) is 51.4 Å². The van der Waals surface area contributed by atoms with Crippen molar-refractivity contribution >= 4 is 27.0 Å². The SMILES string of the molecule is CN(C)c1ccc2c(n1)n(C1CCN(C[C@@H](O)Cn3nc(-c4ccc(C(F)(F)F)cc4)c4c3CCN(S(C)(=O)=O)C4)CC1)c(=O)n2C. The molecule has 3 aromatic heterocycles. The summed E-state index contributed by atoms with van der Waals surface area (Å²) in [7, 11) is 2.05. The number of piperidine rings is 1. The molecule has 4 aromatic rings. The molecule has 16 heteroatoms. The van der Waals surface area contributed by atoms with Crippen LogP contribution in [0.2, 0.25) is 0 Å². The Hall–Kier alpha value is -3.73. The average molecular weight is 677 g/mol. The van der Waals surface area contributed by atoms with Gasteiger partial charge in [-0.2, -0.15) is 22.6 Å². The summed E-state index contributed by atoms with van der Waals surface area (Å²) in [6, 6.07) is 8.42. The van der Waals surface area contributed by atoms with Crippen LogP contribution in [0.15, 0.2) is 41.2 Å². The minimum absolute atomic E-state index is 0.0354. The number of hydrogen-bond donors (Lipinski definition) is 1. The fourth-order valence-corrected chi connectivity index (χ4v) is 7.45. The number of nitrogens with zero attached hydrogens (tertiary/aromatic N) is 8. The third-order valence-corrected chi connectivity index (χ3v) is 10.5. The first-order valence-corrected chi connectivity index (χ1v) is 17.3. The largest absolute Gasteiger partial charge is 0.416 e. The molecular formula is C31H39F3N8O4S. The monoisotopic (exact) mass is 676 g/mol. The molecule has 2 aliphatic rings. The van der Waals surface area contributed by atoms with Crippen LogP contribution in [-0.4, -0.2) is 99.3 Å². The first-order chi connectivity index (χ1) is 22.1. The summed E-state index contributed by atoms with van der Waals surface area (Å²) in [4.78, 5) is 22.0. The highest BCUT2D eigenvalue weighted by atomic mass is 32.2. The predicted octanol–water partition coefficient (Wildman–Crippen LogP) is 2.70. The molecule has 1 fully saturated rings. The molecule has 0 radical (unpaired) electrons. The van der Waals surface area contributed by atoms with E-state index in [2.05, 4.69) is 4.90 Å². The molecule has 5 heterocycles. The van der Waals surface area contributed by atoms with Crippen LogP contribution < -0.4 is 10.6 Å². The van der Waals surface area contributed by atoms with Gasteiger partial charge in [-0.15, -0.1) is 0 Å². The van der Waals surface area contributed by atoms with Crippen molar-refractivity contribution in [1.29, 1.82) is 0 Å². The molecule has 1 N–H and O–H groups in total. The van der Waals surface area contributed by atoms with Crippen LogP contribution in [0, 0.1) is 0 Å². The zero-order valence-electron chi connectivity index (χ0n) is 26.8. The minimum Gasteiger partial charge on any atom is -0.390 e. The predicted molar refractivity (Wildman–Crippen MR) is 172 cm³/mol. The summed E-state index contributed by atoms with van der Waals surface area (Å²) >= 11 is 0. The van der Waals surface area contributed by atoms with Gasteiger partial charge < -0.3 is 14.9 Å². The second-order valence-electron chi connectivity index (χ2n) is 12.7. The number of halogens is 3. The van der Waals surface area contributed by atoms with Gasteiger partial charge in [-0.05, 0) is 37.1 Å². The van der Waals surface area contributed by atoms with E-state index in [1.807, 2.05) is 31.1 Å². The Morgan fingerprint density at radius 2 is 1.72 bits per heavy atom. The number of β-amino-alcohol motifs (C(OH)–C–C–N with tert-alkyl or cyclic N) is 1. The van der Waals surface area contributed by atoms with Gasteiger partial charge in [-0.3, -0.25) is 13.8 Å². The van der Waals surface area contributed by atoms with E-state index in [1.165, 1.54) is 16.4 Å². The zero-order chi connectivity index (χ0) is 33.8. The van der Waals surface area contributed by atoms with Crippen molar-refractivity contribution in [2.24, 2.45) is 7.05 Å². The number of fused-ring (bicyclic) bond motifs is 2. The molecule has 6 rings (SSSR count). The Balaban J connectivity index is 1.17. The number of pyridine rings is 1. The van der Waals surface area contributed by atoms with Gasteiger partial charge in [-0.25, -0.2) is 18.2 Å². The van der Waals surface area contributed by atoms with E-state index in [-0.39, 0.29) is 31.4 Å². The number of aromatic nitrogens is 5. The summed E-state index contributed by atoms with van der Waals surface area (Å²) in [5.74, 6) is 0.767. The van der Waals surface area contributed by atoms with Crippen LogP contribution in [0.3, 0.4) is 0 Å². The maximum Gasteiger partial charge on any atom is 0.416 e. The van der Waals surface area contributed by atoms with E-state index in [4.69, 9.17) is 10.1 Å². The van der Waals surface area contributed by atoms with Gasteiger partial charge in [0.1, 0.15) is 5.82 Å². The number of likely N-dealkylation sites (tertiary alicyclic amines) is 1. The quantitative estimate of drug-likeness (QED) is 0.303. The lowest BCUT2D eigenvalue weighted by atomic mass is 10.0. The maximum atomic E-state index is 13.2. The van der Waals surface area contributed by atoms with Crippen molar-refractivity contribution in [2.45, 2.75) is 50.7 Å². The molecule has 0 bridgehead atoms. The Morgan fingerprint density at radius 1 is 1.04 bits per heavy atom. The molecule has 0 aliphatic carbocycles. The van der Waals surface area contributed by atoms with Crippen LogP contribution in [0.4, 0.5) is 19.0 Å². The zero-order valence-corrected chi connectivity index (χ0v) is 27.6. The number of aryl methyl sites for hydroxylation is 1. The number of alkyl halides is 3. The number of benzene rings is 1. The van der Waals surface area contributed by atoms with Crippen LogP contribution >= 0.6 is 0 Å². The molecular weight excluding hydrogens is 637 g/mol. The van der Waals surface area contributed by atoms with Crippen LogP contribution in [-0.2, 0) is 42.8 Å². The van der Waals surface area contributed by atoms with Gasteiger partial charge in [0.15, 0.2) is 5.65 Å². The van der Waals surface area contributed by atoms with E-state index in [0.29, 0.717) is 61.4 Å². The molecule has 47 heavy (non-hydrogen) atoms. The molecule has 0 amide bonds. The van der Waals surface area contributed by atoms with Crippen LogP contribution in [0.5, 0.6) is 0 Å². The molecule has 0 saturated carbocycles. The van der Waals surface area contributed by atoms with Crippen molar-refractivity contribution < 1.29 is 26.7 Å². The Kier molecular flexibility index (Phi) is 8.74. The standard InChI is InChI=1S/C31H39F3N8O4S/c1-37(2)27-10-9-26-29(35-27)42(30(44)38(26)3)22-11-14-39(15-12-22)17-23(43)18-41-25-13-16-40(47(4,45)46)19-24(25)28(36-41)20-5-7-21(8-6-20)31(32,33)34/h5-10,22-23,43H,11-19H2,1-4H3/t23-/m1/s1. The van der Waals surface area contributed by atoms with Gasteiger partial charge in [0.05, 0.1) is 35.7 Å². The highest BCUT2D eigenvalue weighted by molar-refractivity contribution is 7.88. The van der Waals surface area contributed by atoms with Gasteiger partial charge in [-0.1, -0.05) is 12.1 Å². The third kappa shape index (κ3) is 6.55. The number of hydrogen-bond acceptors (Lipinski definition) is 8. The summed E-state index contributed by atoms with van der Waals surface area (Å²) in [6.07, 6.45) is -2.40. The minimum atomic E-state index is -4.49. The maximum absolute atomic E-state index is 13.2. The molecule has 1 aromatic carbocycles. The highest BCUT2D eigenvalue weighted by Gasteiger charge is 2.33. The van der Waals surface area contributed by atoms with Gasteiger partial charge in [0.2, 0.25) is 10.0 Å². The fraction of sp³-hybridized carbons (Fsp3) is 0.516. The smallest absolute Gasteiger partial charge is 0.390 e.